The van der Waals surface area contributed by atoms with Crippen LogP contribution < -0.4 is 0 Å². The topological polar surface area (TPSA) is 57.7 Å². The highest BCUT2D eigenvalue weighted by Crippen LogP contribution is 2.37. The summed E-state index contributed by atoms with van der Waals surface area (Å²) >= 11 is 0. The first-order valence-electron chi connectivity index (χ1n) is 9.46. The van der Waals surface area contributed by atoms with E-state index in [-0.39, 0.29) is 36.1 Å². The highest BCUT2D eigenvalue weighted by molar-refractivity contribution is 6.07. The van der Waals surface area contributed by atoms with Crippen LogP contribution in [0.4, 0.5) is 0 Å². The van der Waals surface area contributed by atoms with Gasteiger partial charge in [-0.3, -0.25) is 19.3 Å². The molecule has 1 saturated carbocycles. The number of likely N-dealkylation sites (tertiary alicyclic amines) is 2. The summed E-state index contributed by atoms with van der Waals surface area (Å²) < 4.78 is 0. The molecule has 3 fully saturated rings. The fourth-order valence-corrected chi connectivity index (χ4v) is 5.19. The summed E-state index contributed by atoms with van der Waals surface area (Å²) in [5.74, 6) is -0.161. The largest absolute Gasteiger partial charge is 0.338 e. The molecule has 130 valence electrons. The summed E-state index contributed by atoms with van der Waals surface area (Å²) in [7, 11) is 0. The molecule has 2 heterocycles. The van der Waals surface area contributed by atoms with Gasteiger partial charge < -0.3 is 4.90 Å². The lowest BCUT2D eigenvalue weighted by Crippen LogP contribution is -2.53. The molecule has 4 aliphatic rings. The van der Waals surface area contributed by atoms with Crippen molar-refractivity contribution < 1.29 is 14.4 Å². The first kappa shape index (κ1) is 15.9. The van der Waals surface area contributed by atoms with Gasteiger partial charge in [-0.2, -0.15) is 0 Å². The Hall–Kier alpha value is -1.65. The molecular weight excluding hydrogens is 304 g/mol. The Morgan fingerprint density at radius 1 is 0.958 bits per heavy atom. The summed E-state index contributed by atoms with van der Waals surface area (Å²) in [6.07, 6.45) is 12.2. The van der Waals surface area contributed by atoms with Crippen molar-refractivity contribution in [2.24, 2.45) is 17.8 Å². The van der Waals surface area contributed by atoms with Gasteiger partial charge in [-0.1, -0.05) is 25.0 Å². The first-order valence-corrected chi connectivity index (χ1v) is 9.46. The molecule has 4 rings (SSSR count). The van der Waals surface area contributed by atoms with Gasteiger partial charge in [0.15, 0.2) is 0 Å². The van der Waals surface area contributed by atoms with Crippen LogP contribution in [0.5, 0.6) is 0 Å². The standard InChI is InChI=1S/C19H26N2O3/c22-17(20-11-5-7-13-6-1-4-10-16(13)20)12-21-18(23)14-8-2-3-9-15(14)19(21)24/h2-3,13-16H,1,4-12H2. The number of amides is 3. The lowest BCUT2D eigenvalue weighted by Gasteiger charge is -2.44. The molecule has 0 aromatic rings. The number of piperidine rings is 1. The minimum absolute atomic E-state index is 0.0279. The van der Waals surface area contributed by atoms with Crippen molar-refractivity contribution in [2.75, 3.05) is 13.1 Å². The van der Waals surface area contributed by atoms with Crippen LogP contribution in [-0.4, -0.2) is 46.7 Å². The third kappa shape index (κ3) is 2.58. The predicted octanol–water partition coefficient (Wildman–Crippen LogP) is 2.12. The number of hydrogen-bond acceptors (Lipinski definition) is 3. The Bertz CT molecular complexity index is 557. The second-order valence-corrected chi connectivity index (χ2v) is 7.76. The first-order chi connectivity index (χ1) is 11.7. The Labute approximate surface area is 143 Å². The van der Waals surface area contributed by atoms with Gasteiger partial charge in [-0.15, -0.1) is 0 Å². The number of carbonyl (C=O) groups is 3. The molecular formula is C19H26N2O3. The molecule has 3 amide bonds. The van der Waals surface area contributed by atoms with Crippen LogP contribution in [0.2, 0.25) is 0 Å². The SMILES string of the molecule is O=C1C2CC=CCC2C(=O)N1CC(=O)N1CCCC2CCCCC21. The van der Waals surface area contributed by atoms with E-state index in [1.807, 2.05) is 17.1 Å². The molecule has 5 heteroatoms. The number of carbonyl (C=O) groups excluding carboxylic acids is 3. The number of hydrogen-bond donors (Lipinski definition) is 0. The van der Waals surface area contributed by atoms with Crippen LogP contribution in [0.3, 0.4) is 0 Å². The van der Waals surface area contributed by atoms with Gasteiger partial charge >= 0.3 is 0 Å². The summed E-state index contributed by atoms with van der Waals surface area (Å²) in [6.45, 7) is 0.735. The molecule has 0 aromatic heterocycles. The normalized spacial score (nSPS) is 35.8. The third-order valence-corrected chi connectivity index (χ3v) is 6.46. The van der Waals surface area contributed by atoms with E-state index >= 15 is 0 Å². The molecule has 4 unspecified atom stereocenters. The van der Waals surface area contributed by atoms with Crippen molar-refractivity contribution in [1.29, 1.82) is 0 Å². The summed E-state index contributed by atoms with van der Waals surface area (Å²) in [4.78, 5) is 41.2. The van der Waals surface area contributed by atoms with Crippen LogP contribution in [0.1, 0.15) is 51.4 Å². The maximum atomic E-state index is 12.9. The van der Waals surface area contributed by atoms with E-state index in [1.54, 1.807) is 0 Å². The second kappa shape index (κ2) is 6.34. The van der Waals surface area contributed by atoms with Gasteiger partial charge in [0.25, 0.3) is 0 Å². The van der Waals surface area contributed by atoms with Crippen molar-refractivity contribution in [2.45, 2.75) is 57.4 Å². The molecule has 5 nitrogen and oxygen atoms in total. The highest BCUT2D eigenvalue weighted by atomic mass is 16.2. The Balaban J connectivity index is 1.46. The lowest BCUT2D eigenvalue weighted by molar-refractivity contribution is -0.149. The van der Waals surface area contributed by atoms with Gasteiger partial charge in [0.05, 0.1) is 11.8 Å². The smallest absolute Gasteiger partial charge is 0.243 e. The van der Waals surface area contributed by atoms with Gasteiger partial charge in [-0.25, -0.2) is 0 Å². The summed E-state index contributed by atoms with van der Waals surface area (Å²) in [6, 6.07) is 0.330. The van der Waals surface area contributed by atoms with Crippen LogP contribution in [0.25, 0.3) is 0 Å². The van der Waals surface area contributed by atoms with Crippen molar-refractivity contribution >= 4 is 17.7 Å². The fraction of sp³-hybridized carbons (Fsp3) is 0.737. The van der Waals surface area contributed by atoms with Crippen molar-refractivity contribution in [3.8, 4) is 0 Å². The fourth-order valence-electron chi connectivity index (χ4n) is 5.19. The van der Waals surface area contributed by atoms with Crippen molar-refractivity contribution in [1.82, 2.24) is 9.80 Å². The number of fused-ring (bicyclic) bond motifs is 2. The van der Waals surface area contributed by atoms with Gasteiger partial charge in [-0.05, 0) is 44.4 Å². The molecule has 2 saturated heterocycles. The average Bonchev–Trinajstić information content (AvgIpc) is 2.86. The maximum absolute atomic E-state index is 12.9. The van der Waals surface area contributed by atoms with E-state index in [0.717, 1.165) is 19.4 Å². The zero-order valence-corrected chi connectivity index (χ0v) is 14.2. The quantitative estimate of drug-likeness (QED) is 0.576. The number of nitrogens with zero attached hydrogens (tertiary/aromatic N) is 2. The molecule has 0 aromatic carbocycles. The zero-order chi connectivity index (χ0) is 16.7. The van der Waals surface area contributed by atoms with Crippen molar-refractivity contribution in [3.63, 3.8) is 0 Å². The average molecular weight is 330 g/mol. The van der Waals surface area contributed by atoms with Gasteiger partial charge in [0.1, 0.15) is 6.54 Å². The number of imide groups is 1. The monoisotopic (exact) mass is 330 g/mol. The minimum Gasteiger partial charge on any atom is -0.338 e. The lowest BCUT2D eigenvalue weighted by atomic mass is 9.78. The maximum Gasteiger partial charge on any atom is 0.243 e. The van der Waals surface area contributed by atoms with Crippen LogP contribution in [0, 0.1) is 17.8 Å². The van der Waals surface area contributed by atoms with E-state index in [0.29, 0.717) is 24.8 Å². The summed E-state index contributed by atoms with van der Waals surface area (Å²) in [5.41, 5.74) is 0. The van der Waals surface area contributed by atoms with E-state index < -0.39 is 0 Å². The van der Waals surface area contributed by atoms with Crippen LogP contribution >= 0.6 is 0 Å². The van der Waals surface area contributed by atoms with Gasteiger partial charge in [0.2, 0.25) is 17.7 Å². The zero-order valence-electron chi connectivity index (χ0n) is 14.2. The van der Waals surface area contributed by atoms with Crippen LogP contribution in [0.15, 0.2) is 12.2 Å². The van der Waals surface area contributed by atoms with E-state index in [9.17, 15) is 14.4 Å². The number of rotatable bonds is 2. The molecule has 2 aliphatic carbocycles. The molecule has 24 heavy (non-hydrogen) atoms. The van der Waals surface area contributed by atoms with E-state index in [1.165, 1.54) is 30.6 Å². The van der Waals surface area contributed by atoms with Gasteiger partial charge in [0, 0.05) is 12.6 Å². The van der Waals surface area contributed by atoms with E-state index in [2.05, 4.69) is 0 Å². The van der Waals surface area contributed by atoms with Crippen LogP contribution in [-0.2, 0) is 14.4 Å². The Morgan fingerprint density at radius 2 is 1.58 bits per heavy atom. The number of allylic oxidation sites excluding steroid dienone is 2. The highest BCUT2D eigenvalue weighted by Gasteiger charge is 2.48. The minimum atomic E-state index is -0.237. The second-order valence-electron chi connectivity index (χ2n) is 7.76. The Kier molecular flexibility index (Phi) is 4.19. The summed E-state index contributed by atoms with van der Waals surface area (Å²) in [5, 5.41) is 0. The molecule has 2 aliphatic heterocycles. The Morgan fingerprint density at radius 3 is 2.29 bits per heavy atom. The molecule has 0 radical (unpaired) electrons. The van der Waals surface area contributed by atoms with Crippen molar-refractivity contribution in [3.05, 3.63) is 12.2 Å². The predicted molar refractivity (Wildman–Crippen MR) is 88.8 cm³/mol. The molecule has 0 N–H and O–H groups in total. The third-order valence-electron chi connectivity index (χ3n) is 6.46. The molecule has 0 bridgehead atoms. The van der Waals surface area contributed by atoms with E-state index in [4.69, 9.17) is 0 Å². The molecule has 0 spiro atoms. The molecule has 4 atom stereocenters.